The van der Waals surface area contributed by atoms with E-state index in [1.54, 1.807) is 13.0 Å². The van der Waals surface area contributed by atoms with Gasteiger partial charge in [0.15, 0.2) is 0 Å². The van der Waals surface area contributed by atoms with Crippen LogP contribution in [0.2, 0.25) is 0 Å². The number of aryl methyl sites for hydroxylation is 1. The van der Waals surface area contributed by atoms with Crippen LogP contribution < -0.4 is 9.88 Å². The summed E-state index contributed by atoms with van der Waals surface area (Å²) in [6.07, 6.45) is 0. The Balaban J connectivity index is 3.27. The molecule has 0 saturated heterocycles. The fourth-order valence-electron chi connectivity index (χ4n) is 1.71. The standard InChI is InChI=1S/C13H17Cl2NO3S/c1-8(2)11-5-12(19-7-10(15)6-14)9(3)4-13(11)20(16,17)18/h4-6,8H,7H2,1-3H3,(H2,16,17,18)/b10-6-. The number of benzene rings is 1. The molecule has 0 unspecified atom stereocenters. The highest BCUT2D eigenvalue weighted by molar-refractivity contribution is 7.89. The van der Waals surface area contributed by atoms with E-state index in [1.807, 2.05) is 13.8 Å². The number of sulfonamides is 1. The molecule has 0 bridgehead atoms. The lowest BCUT2D eigenvalue weighted by Crippen LogP contribution is -2.16. The zero-order chi connectivity index (χ0) is 15.5. The lowest BCUT2D eigenvalue weighted by molar-refractivity contribution is 0.356. The van der Waals surface area contributed by atoms with Gasteiger partial charge in [-0.2, -0.15) is 0 Å². The predicted octanol–water partition coefficient (Wildman–Crippen LogP) is 3.46. The maximum absolute atomic E-state index is 11.6. The van der Waals surface area contributed by atoms with Gasteiger partial charge in [-0.25, -0.2) is 13.6 Å². The second-order valence-electron chi connectivity index (χ2n) is 4.70. The number of nitrogens with two attached hydrogens (primary N) is 1. The van der Waals surface area contributed by atoms with Crippen LogP contribution in [0.25, 0.3) is 0 Å². The molecule has 0 heterocycles. The van der Waals surface area contributed by atoms with Crippen molar-refractivity contribution in [1.82, 2.24) is 0 Å². The van der Waals surface area contributed by atoms with Crippen molar-refractivity contribution in [3.63, 3.8) is 0 Å². The summed E-state index contributed by atoms with van der Waals surface area (Å²) in [5.74, 6) is 0.545. The van der Waals surface area contributed by atoms with Crippen LogP contribution in [0.1, 0.15) is 30.9 Å². The molecule has 1 rings (SSSR count). The Kier molecular flexibility index (Phi) is 5.89. The molecule has 0 atom stereocenters. The molecule has 0 aliphatic heterocycles. The van der Waals surface area contributed by atoms with E-state index < -0.39 is 10.0 Å². The molecule has 0 radical (unpaired) electrons. The Morgan fingerprint density at radius 3 is 2.50 bits per heavy atom. The molecule has 0 aromatic heterocycles. The Morgan fingerprint density at radius 2 is 2.05 bits per heavy atom. The maximum atomic E-state index is 11.6. The lowest BCUT2D eigenvalue weighted by atomic mass is 10.0. The van der Waals surface area contributed by atoms with Gasteiger partial charge >= 0.3 is 0 Å². The molecule has 0 fully saturated rings. The quantitative estimate of drug-likeness (QED) is 0.894. The van der Waals surface area contributed by atoms with Crippen molar-refractivity contribution in [2.24, 2.45) is 5.14 Å². The molecule has 0 spiro atoms. The van der Waals surface area contributed by atoms with Crippen LogP contribution in [-0.4, -0.2) is 15.0 Å². The molecule has 1 aromatic rings. The highest BCUT2D eigenvalue weighted by Crippen LogP contribution is 2.31. The fourth-order valence-corrected chi connectivity index (χ4v) is 2.79. The Labute approximate surface area is 129 Å². The summed E-state index contributed by atoms with van der Waals surface area (Å²) >= 11 is 11.2. The van der Waals surface area contributed by atoms with Gasteiger partial charge in [-0.05, 0) is 36.1 Å². The van der Waals surface area contributed by atoms with E-state index in [0.717, 1.165) is 0 Å². The first-order valence-electron chi connectivity index (χ1n) is 5.91. The van der Waals surface area contributed by atoms with Gasteiger partial charge in [0.05, 0.1) is 9.93 Å². The van der Waals surface area contributed by atoms with Gasteiger partial charge in [0, 0.05) is 5.54 Å². The largest absolute Gasteiger partial charge is 0.488 e. The number of hydrogen-bond acceptors (Lipinski definition) is 3. The first-order valence-corrected chi connectivity index (χ1v) is 8.27. The Morgan fingerprint density at radius 1 is 1.45 bits per heavy atom. The van der Waals surface area contributed by atoms with Gasteiger partial charge in [0.25, 0.3) is 0 Å². The van der Waals surface area contributed by atoms with Crippen LogP contribution >= 0.6 is 23.2 Å². The van der Waals surface area contributed by atoms with Gasteiger partial charge < -0.3 is 4.74 Å². The third kappa shape index (κ3) is 4.38. The number of halogens is 2. The van der Waals surface area contributed by atoms with Crippen molar-refractivity contribution in [1.29, 1.82) is 0 Å². The van der Waals surface area contributed by atoms with Crippen LogP contribution in [0.4, 0.5) is 0 Å². The fraction of sp³-hybridized carbons (Fsp3) is 0.385. The van der Waals surface area contributed by atoms with E-state index in [-0.39, 0.29) is 17.4 Å². The summed E-state index contributed by atoms with van der Waals surface area (Å²) in [6, 6.07) is 3.19. The molecular formula is C13H17Cl2NO3S. The normalized spacial score (nSPS) is 12.8. The molecule has 4 nitrogen and oxygen atoms in total. The van der Waals surface area contributed by atoms with Gasteiger partial charge in [-0.1, -0.05) is 37.0 Å². The van der Waals surface area contributed by atoms with Gasteiger partial charge in [0.2, 0.25) is 10.0 Å². The van der Waals surface area contributed by atoms with Crippen LogP contribution in [0.5, 0.6) is 5.75 Å². The summed E-state index contributed by atoms with van der Waals surface area (Å²) in [4.78, 5) is 0.122. The Bertz CT molecular complexity index is 625. The minimum atomic E-state index is -3.77. The topological polar surface area (TPSA) is 69.4 Å². The smallest absolute Gasteiger partial charge is 0.238 e. The highest BCUT2D eigenvalue weighted by Gasteiger charge is 2.19. The van der Waals surface area contributed by atoms with E-state index >= 15 is 0 Å². The third-order valence-corrected chi connectivity index (χ3v) is 4.28. The average molecular weight is 338 g/mol. The van der Waals surface area contributed by atoms with Crippen LogP contribution in [0, 0.1) is 6.92 Å². The van der Waals surface area contributed by atoms with Gasteiger partial charge in [0.1, 0.15) is 12.4 Å². The molecule has 7 heteroatoms. The third-order valence-electron chi connectivity index (χ3n) is 2.72. The van der Waals surface area contributed by atoms with Crippen molar-refractivity contribution < 1.29 is 13.2 Å². The van der Waals surface area contributed by atoms with Crippen LogP contribution in [0.15, 0.2) is 27.6 Å². The number of ether oxygens (including phenoxy) is 1. The van der Waals surface area contributed by atoms with Gasteiger partial charge in [-0.15, -0.1) is 0 Å². The molecule has 0 amide bonds. The van der Waals surface area contributed by atoms with E-state index in [9.17, 15) is 8.42 Å². The lowest BCUT2D eigenvalue weighted by Gasteiger charge is -2.16. The van der Waals surface area contributed by atoms with Gasteiger partial charge in [-0.3, -0.25) is 0 Å². The van der Waals surface area contributed by atoms with Crippen LogP contribution in [-0.2, 0) is 10.0 Å². The minimum Gasteiger partial charge on any atom is -0.488 e. The molecule has 2 N–H and O–H groups in total. The Hall–Kier alpha value is -0.750. The summed E-state index contributed by atoms with van der Waals surface area (Å²) in [7, 11) is -3.77. The predicted molar refractivity (Wildman–Crippen MR) is 81.9 cm³/mol. The first-order chi connectivity index (χ1) is 9.16. The summed E-state index contributed by atoms with van der Waals surface area (Å²) < 4.78 is 28.8. The second-order valence-corrected chi connectivity index (χ2v) is 6.93. The SMILES string of the molecule is Cc1cc(S(N)(=O)=O)c(C(C)C)cc1OC/C(Cl)=C/Cl. The molecule has 0 aliphatic carbocycles. The average Bonchev–Trinajstić information content (AvgIpc) is 2.35. The first kappa shape index (κ1) is 17.3. The van der Waals surface area contributed by atoms with E-state index in [2.05, 4.69) is 0 Å². The zero-order valence-electron chi connectivity index (χ0n) is 11.5. The van der Waals surface area contributed by atoms with E-state index in [4.69, 9.17) is 33.1 Å². The van der Waals surface area contributed by atoms with Crippen molar-refractivity contribution in [2.75, 3.05) is 6.61 Å². The monoisotopic (exact) mass is 337 g/mol. The van der Waals surface area contributed by atoms with Crippen molar-refractivity contribution in [2.45, 2.75) is 31.6 Å². The molecule has 112 valence electrons. The molecule has 1 aromatic carbocycles. The minimum absolute atomic E-state index is 0.00897. The number of hydrogen-bond donors (Lipinski definition) is 1. The molecule has 20 heavy (non-hydrogen) atoms. The highest BCUT2D eigenvalue weighted by atomic mass is 35.5. The molecule has 0 saturated carbocycles. The second kappa shape index (κ2) is 6.80. The molecular weight excluding hydrogens is 321 g/mol. The van der Waals surface area contributed by atoms with Crippen molar-refractivity contribution in [3.8, 4) is 5.75 Å². The van der Waals surface area contributed by atoms with Crippen molar-refractivity contribution >= 4 is 33.2 Å². The van der Waals surface area contributed by atoms with E-state index in [0.29, 0.717) is 21.9 Å². The summed E-state index contributed by atoms with van der Waals surface area (Å²) in [5.41, 5.74) is 2.50. The summed E-state index contributed by atoms with van der Waals surface area (Å²) in [5, 5.41) is 5.60. The molecule has 0 aliphatic rings. The zero-order valence-corrected chi connectivity index (χ0v) is 13.8. The van der Waals surface area contributed by atoms with Crippen molar-refractivity contribution in [3.05, 3.63) is 33.8 Å². The number of primary sulfonamides is 1. The van der Waals surface area contributed by atoms with E-state index in [1.165, 1.54) is 11.6 Å². The maximum Gasteiger partial charge on any atom is 0.238 e. The summed E-state index contributed by atoms with van der Waals surface area (Å²) in [6.45, 7) is 5.63. The number of rotatable bonds is 5. The van der Waals surface area contributed by atoms with Crippen LogP contribution in [0.3, 0.4) is 0 Å².